The maximum atomic E-state index is 9.55. The molecule has 0 radical (unpaired) electrons. The molecule has 0 aromatic heterocycles. The van der Waals surface area contributed by atoms with Gasteiger partial charge in [-0.15, -0.1) is 0 Å². The summed E-state index contributed by atoms with van der Waals surface area (Å²) >= 11 is 0. The zero-order chi connectivity index (χ0) is 20.1. The molecule has 1 atom stereocenters. The average molecular weight is 380 g/mol. The maximum Gasteiger partial charge on any atom is 0.328 e. The minimum absolute atomic E-state index is 0.494. The highest BCUT2D eigenvalue weighted by Crippen LogP contribution is 2.38. The van der Waals surface area contributed by atoms with Gasteiger partial charge in [-0.1, -0.05) is 42.5 Å². The van der Waals surface area contributed by atoms with Crippen LogP contribution < -0.4 is 4.90 Å². The van der Waals surface area contributed by atoms with Crippen molar-refractivity contribution in [2.24, 2.45) is 0 Å². The number of carboxylic acid groups (broad SMARTS) is 2. The number of benzene rings is 2. The summed E-state index contributed by atoms with van der Waals surface area (Å²) in [4.78, 5) is 24.2. The van der Waals surface area contributed by atoms with Crippen molar-refractivity contribution in [3.05, 3.63) is 77.4 Å². The molecule has 6 nitrogen and oxygen atoms in total. The number of likely N-dealkylation sites (N-methyl/N-ethyl adjacent to an activating group) is 1. The molecular weight excluding hydrogens is 356 g/mol. The lowest BCUT2D eigenvalue weighted by molar-refractivity contribution is -0.134. The van der Waals surface area contributed by atoms with E-state index >= 15 is 0 Å². The lowest BCUT2D eigenvalue weighted by atomic mass is 9.96. The Morgan fingerprint density at radius 2 is 1.54 bits per heavy atom. The van der Waals surface area contributed by atoms with Gasteiger partial charge in [-0.05, 0) is 36.2 Å². The number of para-hydroxylation sites is 1. The number of fused-ring (bicyclic) bond motifs is 5. The molecule has 146 valence electrons. The normalized spacial score (nSPS) is 18.2. The van der Waals surface area contributed by atoms with E-state index in [-0.39, 0.29) is 0 Å². The van der Waals surface area contributed by atoms with E-state index in [0.29, 0.717) is 18.2 Å². The first-order valence-corrected chi connectivity index (χ1v) is 9.20. The van der Waals surface area contributed by atoms with Gasteiger partial charge in [0.15, 0.2) is 0 Å². The second-order valence-corrected chi connectivity index (χ2v) is 6.99. The number of piperazine rings is 1. The van der Waals surface area contributed by atoms with Gasteiger partial charge in [0, 0.05) is 37.5 Å². The van der Waals surface area contributed by atoms with Crippen molar-refractivity contribution in [2.75, 3.05) is 31.6 Å². The second-order valence-electron chi connectivity index (χ2n) is 6.99. The van der Waals surface area contributed by atoms with Crippen molar-refractivity contribution in [2.45, 2.75) is 12.5 Å². The van der Waals surface area contributed by atoms with Crippen LogP contribution in [0.2, 0.25) is 0 Å². The van der Waals surface area contributed by atoms with E-state index in [9.17, 15) is 9.59 Å². The number of rotatable bonds is 2. The Kier molecular flexibility index (Phi) is 6.11. The standard InChI is InChI=1S/C18H20N2.C4H4O4/c1-19-10-11-20-17-9-5-3-7-15(17)12-14-6-2-4-8-16(14)18(20)13-19;5-3(6)1-2-4(7)8/h2-9,18H,10-13H2,1H3;1-2H,(H,5,6)(H,7,8)/b;2-1-. The first-order chi connectivity index (χ1) is 13.5. The number of aliphatic carboxylic acids is 2. The number of nitrogens with zero attached hydrogens (tertiary/aromatic N) is 2. The number of carboxylic acids is 2. The number of hydrogen-bond donors (Lipinski definition) is 2. The topological polar surface area (TPSA) is 81.1 Å². The summed E-state index contributed by atoms with van der Waals surface area (Å²) in [5.41, 5.74) is 5.90. The molecule has 2 aliphatic rings. The largest absolute Gasteiger partial charge is 0.478 e. The molecule has 0 spiro atoms. The van der Waals surface area contributed by atoms with Gasteiger partial charge in [-0.25, -0.2) is 9.59 Å². The molecule has 0 saturated carbocycles. The van der Waals surface area contributed by atoms with Crippen LogP contribution in [-0.4, -0.2) is 53.7 Å². The zero-order valence-corrected chi connectivity index (χ0v) is 15.8. The van der Waals surface area contributed by atoms with Gasteiger partial charge in [0.05, 0.1) is 6.04 Å². The van der Waals surface area contributed by atoms with Crippen molar-refractivity contribution >= 4 is 17.6 Å². The minimum atomic E-state index is -1.26. The van der Waals surface area contributed by atoms with E-state index in [1.54, 1.807) is 0 Å². The summed E-state index contributed by atoms with van der Waals surface area (Å²) in [5.74, 6) is -2.51. The van der Waals surface area contributed by atoms with E-state index < -0.39 is 11.9 Å². The molecule has 1 fully saturated rings. The fourth-order valence-electron chi connectivity index (χ4n) is 3.78. The lowest BCUT2D eigenvalue weighted by Gasteiger charge is -2.41. The highest BCUT2D eigenvalue weighted by atomic mass is 16.4. The second kappa shape index (κ2) is 8.71. The molecule has 6 heteroatoms. The summed E-state index contributed by atoms with van der Waals surface area (Å²) in [7, 11) is 2.23. The molecule has 1 saturated heterocycles. The Morgan fingerprint density at radius 3 is 2.21 bits per heavy atom. The van der Waals surface area contributed by atoms with E-state index in [1.165, 1.54) is 22.4 Å². The first-order valence-electron chi connectivity index (χ1n) is 9.20. The molecule has 0 amide bonds. The molecular formula is C22H24N2O4. The highest BCUT2D eigenvalue weighted by Gasteiger charge is 2.31. The van der Waals surface area contributed by atoms with Crippen LogP contribution in [0.3, 0.4) is 0 Å². The third-order valence-corrected chi connectivity index (χ3v) is 5.05. The Balaban J connectivity index is 0.000000242. The van der Waals surface area contributed by atoms with Crippen molar-refractivity contribution in [1.29, 1.82) is 0 Å². The highest BCUT2D eigenvalue weighted by molar-refractivity contribution is 5.89. The molecule has 28 heavy (non-hydrogen) atoms. The van der Waals surface area contributed by atoms with Gasteiger partial charge >= 0.3 is 11.9 Å². The van der Waals surface area contributed by atoms with Crippen molar-refractivity contribution < 1.29 is 19.8 Å². The smallest absolute Gasteiger partial charge is 0.328 e. The maximum absolute atomic E-state index is 9.55. The number of anilines is 1. The predicted octanol–water partition coefficient (Wildman–Crippen LogP) is 2.80. The Hall–Kier alpha value is -3.12. The van der Waals surface area contributed by atoms with Crippen molar-refractivity contribution in [3.63, 3.8) is 0 Å². The third-order valence-electron chi connectivity index (χ3n) is 5.05. The monoisotopic (exact) mass is 380 g/mol. The number of hydrogen-bond acceptors (Lipinski definition) is 4. The van der Waals surface area contributed by atoms with Crippen LogP contribution >= 0.6 is 0 Å². The molecule has 1 unspecified atom stereocenters. The minimum Gasteiger partial charge on any atom is -0.478 e. The molecule has 2 N–H and O–H groups in total. The van der Waals surface area contributed by atoms with Crippen LogP contribution in [-0.2, 0) is 16.0 Å². The summed E-state index contributed by atoms with van der Waals surface area (Å²) in [6.45, 7) is 3.38. The van der Waals surface area contributed by atoms with Crippen LogP contribution in [0.5, 0.6) is 0 Å². The van der Waals surface area contributed by atoms with E-state index in [0.717, 1.165) is 26.1 Å². The van der Waals surface area contributed by atoms with Gasteiger partial charge in [0.25, 0.3) is 0 Å². The SMILES string of the molecule is CN1CCN2c3ccccc3Cc3ccccc3C2C1.O=C(O)/C=C\C(=O)O. The summed E-state index contributed by atoms with van der Waals surface area (Å²) in [6, 6.07) is 18.4. The van der Waals surface area contributed by atoms with Gasteiger partial charge in [-0.2, -0.15) is 0 Å². The summed E-state index contributed by atoms with van der Waals surface area (Å²) < 4.78 is 0. The van der Waals surface area contributed by atoms with Crippen LogP contribution in [0.1, 0.15) is 22.7 Å². The van der Waals surface area contributed by atoms with Gasteiger partial charge in [-0.3, -0.25) is 0 Å². The number of carbonyl (C=O) groups is 2. The molecule has 0 bridgehead atoms. The summed E-state index contributed by atoms with van der Waals surface area (Å²) in [6.07, 6.45) is 2.17. The van der Waals surface area contributed by atoms with Crippen LogP contribution in [0.15, 0.2) is 60.7 Å². The zero-order valence-electron chi connectivity index (χ0n) is 15.8. The van der Waals surface area contributed by atoms with Crippen LogP contribution in [0.4, 0.5) is 5.69 Å². The Labute approximate surface area is 164 Å². The van der Waals surface area contributed by atoms with Crippen LogP contribution in [0.25, 0.3) is 0 Å². The lowest BCUT2D eigenvalue weighted by Crippen LogP contribution is -2.46. The van der Waals surface area contributed by atoms with E-state index in [1.807, 2.05) is 0 Å². The van der Waals surface area contributed by atoms with Crippen molar-refractivity contribution in [3.8, 4) is 0 Å². The molecule has 2 aliphatic heterocycles. The molecule has 4 rings (SSSR count). The molecule has 2 aromatic rings. The van der Waals surface area contributed by atoms with Gasteiger partial charge in [0.2, 0.25) is 0 Å². The van der Waals surface area contributed by atoms with Crippen LogP contribution in [0, 0.1) is 0 Å². The summed E-state index contributed by atoms with van der Waals surface area (Å²) in [5, 5.41) is 15.6. The Bertz CT molecular complexity index is 878. The third kappa shape index (κ3) is 4.58. The fraction of sp³-hybridized carbons (Fsp3) is 0.273. The Morgan fingerprint density at radius 1 is 0.929 bits per heavy atom. The van der Waals surface area contributed by atoms with Gasteiger partial charge < -0.3 is 20.0 Å². The molecule has 2 heterocycles. The van der Waals surface area contributed by atoms with E-state index in [4.69, 9.17) is 10.2 Å². The van der Waals surface area contributed by atoms with Crippen molar-refractivity contribution in [1.82, 2.24) is 4.90 Å². The van der Waals surface area contributed by atoms with Gasteiger partial charge in [0.1, 0.15) is 0 Å². The molecule has 2 aromatic carbocycles. The predicted molar refractivity (Wildman–Crippen MR) is 108 cm³/mol. The van der Waals surface area contributed by atoms with E-state index in [2.05, 4.69) is 65.4 Å². The molecule has 0 aliphatic carbocycles. The quantitative estimate of drug-likeness (QED) is 0.780. The average Bonchev–Trinajstić information content (AvgIpc) is 2.81. The fourth-order valence-corrected chi connectivity index (χ4v) is 3.78. The first kappa shape index (κ1) is 19.6.